The topological polar surface area (TPSA) is 63.3 Å². The molecule has 0 amide bonds. The number of rotatable bonds is 3. The van der Waals surface area contributed by atoms with Crippen LogP contribution in [0.2, 0.25) is 0 Å². The summed E-state index contributed by atoms with van der Waals surface area (Å²) in [4.78, 5) is 10.9. The van der Waals surface area contributed by atoms with Crippen molar-refractivity contribution < 1.29 is 9.90 Å². The molecule has 0 fully saturated rings. The Morgan fingerprint density at radius 1 is 1.44 bits per heavy atom. The molecule has 0 aliphatic heterocycles. The third-order valence-corrected chi connectivity index (χ3v) is 3.45. The third-order valence-electron chi connectivity index (χ3n) is 3.45. The fraction of sp³-hybridized carbons (Fsp3) is 0.462. The molecule has 1 atom stereocenters. The molecule has 1 aliphatic rings. The molecular weight excluding hydrogens is 202 g/mol. The van der Waals surface area contributed by atoms with Crippen molar-refractivity contribution in [2.24, 2.45) is 11.1 Å². The van der Waals surface area contributed by atoms with E-state index in [0.717, 1.165) is 12.8 Å². The summed E-state index contributed by atoms with van der Waals surface area (Å²) < 4.78 is 0. The minimum absolute atomic E-state index is 0.164. The predicted molar refractivity (Wildman–Crippen MR) is 62.3 cm³/mol. The minimum atomic E-state index is -0.755. The van der Waals surface area contributed by atoms with Gasteiger partial charge < -0.3 is 10.8 Å². The number of hydrogen-bond donors (Lipinski definition) is 2. The average molecular weight is 219 g/mol. The van der Waals surface area contributed by atoms with E-state index in [1.807, 2.05) is 0 Å². The van der Waals surface area contributed by atoms with Crippen LogP contribution < -0.4 is 5.73 Å². The summed E-state index contributed by atoms with van der Waals surface area (Å²) in [6.07, 6.45) is 1.76. The first-order valence-corrected chi connectivity index (χ1v) is 5.55. The summed E-state index contributed by atoms with van der Waals surface area (Å²) in [6, 6.07) is 6.32. The van der Waals surface area contributed by atoms with Crippen LogP contribution in [0.15, 0.2) is 18.2 Å². The molecule has 3 N–H and O–H groups in total. The maximum Gasteiger partial charge on any atom is 0.303 e. The highest BCUT2D eigenvalue weighted by Gasteiger charge is 2.37. The van der Waals surface area contributed by atoms with Gasteiger partial charge in [-0.2, -0.15) is 0 Å². The van der Waals surface area contributed by atoms with Crippen molar-refractivity contribution >= 4 is 5.97 Å². The number of aliphatic carboxylic acids is 1. The first kappa shape index (κ1) is 11.1. The van der Waals surface area contributed by atoms with E-state index >= 15 is 0 Å². The fourth-order valence-corrected chi connectivity index (χ4v) is 2.62. The van der Waals surface area contributed by atoms with Crippen LogP contribution in [0.25, 0.3) is 0 Å². The Hall–Kier alpha value is -1.35. The first-order valence-electron chi connectivity index (χ1n) is 5.55. The molecule has 0 radical (unpaired) electrons. The number of hydrogen-bond acceptors (Lipinski definition) is 2. The average Bonchev–Trinajstić information content (AvgIpc) is 2.54. The quantitative estimate of drug-likeness (QED) is 0.810. The molecule has 0 saturated carbocycles. The van der Waals surface area contributed by atoms with Crippen molar-refractivity contribution in [1.29, 1.82) is 0 Å². The lowest BCUT2D eigenvalue weighted by molar-refractivity contribution is -0.139. The van der Waals surface area contributed by atoms with Gasteiger partial charge in [-0.25, -0.2) is 0 Å². The Morgan fingerprint density at radius 3 is 2.75 bits per heavy atom. The standard InChI is InChI=1S/C13H17NO2/c1-9-2-3-10-5-13(8-14,7-12(15)16)6-11(10)4-9/h2-4H,5-8,14H2,1H3,(H,15,16). The van der Waals surface area contributed by atoms with Gasteiger partial charge in [0.25, 0.3) is 0 Å². The zero-order valence-electron chi connectivity index (χ0n) is 9.49. The zero-order chi connectivity index (χ0) is 11.8. The Labute approximate surface area is 95.3 Å². The molecule has 3 nitrogen and oxygen atoms in total. The highest BCUT2D eigenvalue weighted by molar-refractivity contribution is 5.68. The van der Waals surface area contributed by atoms with Crippen molar-refractivity contribution in [2.45, 2.75) is 26.2 Å². The summed E-state index contributed by atoms with van der Waals surface area (Å²) >= 11 is 0. The molecule has 0 aromatic heterocycles. The van der Waals surface area contributed by atoms with E-state index in [1.165, 1.54) is 16.7 Å². The van der Waals surface area contributed by atoms with Gasteiger partial charge in [-0.05, 0) is 37.4 Å². The molecule has 0 saturated heterocycles. The van der Waals surface area contributed by atoms with Crippen LogP contribution in [0.3, 0.4) is 0 Å². The van der Waals surface area contributed by atoms with Gasteiger partial charge in [0.15, 0.2) is 0 Å². The molecule has 16 heavy (non-hydrogen) atoms. The minimum Gasteiger partial charge on any atom is -0.481 e. The van der Waals surface area contributed by atoms with Crippen molar-refractivity contribution in [1.82, 2.24) is 0 Å². The van der Waals surface area contributed by atoms with Crippen LogP contribution >= 0.6 is 0 Å². The van der Waals surface area contributed by atoms with Gasteiger partial charge in [0, 0.05) is 5.41 Å². The van der Waals surface area contributed by atoms with E-state index in [9.17, 15) is 4.79 Å². The third kappa shape index (κ3) is 1.95. The second-order valence-electron chi connectivity index (χ2n) is 4.90. The van der Waals surface area contributed by atoms with Crippen LogP contribution in [0.5, 0.6) is 0 Å². The Morgan fingerprint density at radius 2 is 2.12 bits per heavy atom. The van der Waals surface area contributed by atoms with Crippen molar-refractivity contribution in [2.75, 3.05) is 6.54 Å². The molecule has 3 heteroatoms. The zero-order valence-corrected chi connectivity index (χ0v) is 9.49. The lowest BCUT2D eigenvalue weighted by Gasteiger charge is -2.24. The molecule has 1 unspecified atom stereocenters. The van der Waals surface area contributed by atoms with Gasteiger partial charge in [-0.3, -0.25) is 4.79 Å². The lowest BCUT2D eigenvalue weighted by Crippen LogP contribution is -2.33. The van der Waals surface area contributed by atoms with Gasteiger partial charge in [0.2, 0.25) is 0 Å². The van der Waals surface area contributed by atoms with Crippen LogP contribution in [-0.4, -0.2) is 17.6 Å². The van der Waals surface area contributed by atoms with E-state index in [1.54, 1.807) is 0 Å². The van der Waals surface area contributed by atoms with E-state index in [2.05, 4.69) is 25.1 Å². The number of fused-ring (bicyclic) bond motifs is 1. The SMILES string of the molecule is Cc1ccc2c(c1)CC(CN)(CC(=O)O)C2. The first-order chi connectivity index (χ1) is 7.54. The summed E-state index contributed by atoms with van der Waals surface area (Å²) in [7, 11) is 0. The molecule has 0 bridgehead atoms. The summed E-state index contributed by atoms with van der Waals surface area (Å²) in [5.41, 5.74) is 9.26. The van der Waals surface area contributed by atoms with Crippen LogP contribution in [0, 0.1) is 12.3 Å². The molecule has 1 aromatic rings. The molecule has 0 spiro atoms. The Bertz CT molecular complexity index is 428. The van der Waals surface area contributed by atoms with Gasteiger partial charge in [0.1, 0.15) is 0 Å². The predicted octanol–water partition coefficient (Wildman–Crippen LogP) is 1.51. The maximum atomic E-state index is 10.9. The van der Waals surface area contributed by atoms with Crippen LogP contribution in [-0.2, 0) is 17.6 Å². The number of nitrogens with two attached hydrogens (primary N) is 1. The van der Waals surface area contributed by atoms with Gasteiger partial charge in [-0.15, -0.1) is 0 Å². The number of benzene rings is 1. The van der Waals surface area contributed by atoms with Gasteiger partial charge in [-0.1, -0.05) is 23.8 Å². The largest absolute Gasteiger partial charge is 0.481 e. The Balaban J connectivity index is 2.28. The van der Waals surface area contributed by atoms with E-state index < -0.39 is 5.97 Å². The van der Waals surface area contributed by atoms with Crippen molar-refractivity contribution in [3.05, 3.63) is 34.9 Å². The number of aryl methyl sites for hydroxylation is 1. The van der Waals surface area contributed by atoms with Crippen molar-refractivity contribution in [3.8, 4) is 0 Å². The molecule has 86 valence electrons. The highest BCUT2D eigenvalue weighted by atomic mass is 16.4. The number of carboxylic acid groups (broad SMARTS) is 1. The van der Waals surface area contributed by atoms with Crippen LogP contribution in [0.4, 0.5) is 0 Å². The highest BCUT2D eigenvalue weighted by Crippen LogP contribution is 2.39. The van der Waals surface area contributed by atoms with E-state index in [0.29, 0.717) is 6.54 Å². The number of carbonyl (C=O) groups is 1. The second-order valence-corrected chi connectivity index (χ2v) is 4.90. The van der Waals surface area contributed by atoms with Crippen molar-refractivity contribution in [3.63, 3.8) is 0 Å². The van der Waals surface area contributed by atoms with Gasteiger partial charge in [0.05, 0.1) is 6.42 Å². The van der Waals surface area contributed by atoms with Gasteiger partial charge >= 0.3 is 5.97 Å². The molecule has 0 heterocycles. The smallest absolute Gasteiger partial charge is 0.303 e. The number of carboxylic acids is 1. The Kier molecular flexibility index (Phi) is 2.72. The van der Waals surface area contributed by atoms with E-state index in [-0.39, 0.29) is 11.8 Å². The summed E-state index contributed by atoms with van der Waals surface area (Å²) in [5, 5.41) is 8.95. The monoisotopic (exact) mass is 219 g/mol. The normalized spacial score (nSPS) is 23.1. The molecule has 1 aromatic carbocycles. The molecular formula is C13H17NO2. The summed E-state index contributed by atoms with van der Waals surface area (Å²) in [6.45, 7) is 2.49. The van der Waals surface area contributed by atoms with Crippen LogP contribution in [0.1, 0.15) is 23.1 Å². The maximum absolute atomic E-state index is 10.9. The second kappa shape index (κ2) is 3.91. The summed E-state index contributed by atoms with van der Waals surface area (Å²) in [5.74, 6) is -0.755. The molecule has 2 rings (SSSR count). The van der Waals surface area contributed by atoms with E-state index in [4.69, 9.17) is 10.8 Å². The lowest BCUT2D eigenvalue weighted by atomic mass is 9.81. The molecule has 1 aliphatic carbocycles. The fourth-order valence-electron chi connectivity index (χ4n) is 2.62.